The third-order valence-electron chi connectivity index (χ3n) is 1.68. The first kappa shape index (κ1) is 10.4. The van der Waals surface area contributed by atoms with Gasteiger partial charge in [0.2, 0.25) is 0 Å². The summed E-state index contributed by atoms with van der Waals surface area (Å²) in [5.41, 5.74) is 1.26. The van der Waals surface area contributed by atoms with E-state index in [0.717, 1.165) is 5.69 Å². The van der Waals surface area contributed by atoms with Gasteiger partial charge in [-0.05, 0) is 19.1 Å². The summed E-state index contributed by atoms with van der Waals surface area (Å²) in [7, 11) is 0. The van der Waals surface area contributed by atoms with E-state index in [4.69, 9.17) is 4.74 Å². The fourth-order valence-electron chi connectivity index (χ4n) is 1.03. The minimum atomic E-state index is -0.349. The number of aromatic nitrogens is 1. The number of esters is 1. The van der Waals surface area contributed by atoms with Gasteiger partial charge in [-0.2, -0.15) is 0 Å². The van der Waals surface area contributed by atoms with Crippen molar-refractivity contribution in [3.63, 3.8) is 0 Å². The lowest BCUT2D eigenvalue weighted by molar-refractivity contribution is -0.138. The summed E-state index contributed by atoms with van der Waals surface area (Å²) < 4.78 is 4.81. The molecule has 0 aliphatic carbocycles. The molecule has 1 aromatic heterocycles. The highest BCUT2D eigenvalue weighted by Gasteiger charge is 2.08. The van der Waals surface area contributed by atoms with Gasteiger partial charge in [-0.25, -0.2) is 4.79 Å². The lowest BCUT2D eigenvalue weighted by atomic mass is 10.1. The molecular formula is C11H13NO2. The van der Waals surface area contributed by atoms with E-state index in [2.05, 4.69) is 11.6 Å². The summed E-state index contributed by atoms with van der Waals surface area (Å²) in [4.78, 5) is 15.3. The largest absolute Gasteiger partial charge is 0.463 e. The van der Waals surface area contributed by atoms with Crippen LogP contribution in [0.3, 0.4) is 0 Å². The minimum Gasteiger partial charge on any atom is -0.463 e. The van der Waals surface area contributed by atoms with E-state index in [1.165, 1.54) is 0 Å². The summed E-state index contributed by atoms with van der Waals surface area (Å²) in [6.07, 6.45) is 2.13. The molecule has 0 aliphatic heterocycles. The van der Waals surface area contributed by atoms with Crippen molar-refractivity contribution in [2.75, 3.05) is 6.61 Å². The molecule has 0 radical (unpaired) electrons. The molecule has 1 rings (SSSR count). The highest BCUT2D eigenvalue weighted by atomic mass is 16.5. The van der Waals surface area contributed by atoms with E-state index in [1.807, 2.05) is 18.2 Å². The van der Waals surface area contributed by atoms with E-state index in [-0.39, 0.29) is 5.97 Å². The number of hydrogen-bond donors (Lipinski definition) is 0. The molecule has 3 heteroatoms. The topological polar surface area (TPSA) is 39.2 Å². The Labute approximate surface area is 83.4 Å². The van der Waals surface area contributed by atoms with Crippen LogP contribution in [0.15, 0.2) is 36.5 Å². The highest BCUT2D eigenvalue weighted by Crippen LogP contribution is 2.04. The molecule has 0 atom stereocenters. The monoisotopic (exact) mass is 191 g/mol. The van der Waals surface area contributed by atoms with Crippen LogP contribution in [0, 0.1) is 0 Å². The Hall–Kier alpha value is -1.64. The van der Waals surface area contributed by atoms with Gasteiger partial charge in [0.05, 0.1) is 6.61 Å². The Morgan fingerprint density at radius 3 is 2.93 bits per heavy atom. The van der Waals surface area contributed by atoms with Crippen molar-refractivity contribution >= 4 is 5.97 Å². The Morgan fingerprint density at radius 1 is 1.57 bits per heavy atom. The van der Waals surface area contributed by atoms with Gasteiger partial charge >= 0.3 is 5.97 Å². The third-order valence-corrected chi connectivity index (χ3v) is 1.68. The van der Waals surface area contributed by atoms with Crippen LogP contribution in [0.25, 0.3) is 0 Å². The Kier molecular flexibility index (Phi) is 3.85. The standard InChI is InChI=1S/C11H13NO2/c1-3-14-11(13)9(2)8-10-6-4-5-7-12-10/h4-7H,2-3,8H2,1H3. The highest BCUT2D eigenvalue weighted by molar-refractivity contribution is 5.88. The molecule has 74 valence electrons. The lowest BCUT2D eigenvalue weighted by Crippen LogP contribution is -2.09. The van der Waals surface area contributed by atoms with Crippen molar-refractivity contribution in [2.45, 2.75) is 13.3 Å². The first-order valence-electron chi connectivity index (χ1n) is 4.49. The SMILES string of the molecule is C=C(Cc1ccccn1)C(=O)OCC. The van der Waals surface area contributed by atoms with E-state index in [9.17, 15) is 4.79 Å². The molecule has 14 heavy (non-hydrogen) atoms. The molecule has 0 bridgehead atoms. The molecule has 0 amide bonds. The van der Waals surface area contributed by atoms with Crippen LogP contribution in [-0.2, 0) is 16.0 Å². The van der Waals surface area contributed by atoms with Crippen LogP contribution in [0.4, 0.5) is 0 Å². The van der Waals surface area contributed by atoms with Gasteiger partial charge in [-0.15, -0.1) is 0 Å². The zero-order valence-electron chi connectivity index (χ0n) is 8.19. The number of nitrogens with zero attached hydrogens (tertiary/aromatic N) is 1. The quantitative estimate of drug-likeness (QED) is 0.537. The fraction of sp³-hybridized carbons (Fsp3) is 0.273. The number of ether oxygens (including phenoxy) is 1. The molecule has 0 unspecified atom stereocenters. The zero-order chi connectivity index (χ0) is 10.4. The molecule has 0 N–H and O–H groups in total. The summed E-state index contributed by atoms with van der Waals surface area (Å²) in [5, 5.41) is 0. The average molecular weight is 191 g/mol. The molecule has 1 heterocycles. The number of hydrogen-bond acceptors (Lipinski definition) is 3. The van der Waals surface area contributed by atoms with Crippen LogP contribution in [0.2, 0.25) is 0 Å². The van der Waals surface area contributed by atoms with Crippen LogP contribution in [0.1, 0.15) is 12.6 Å². The van der Waals surface area contributed by atoms with Gasteiger partial charge in [0.1, 0.15) is 0 Å². The Balaban J connectivity index is 2.53. The van der Waals surface area contributed by atoms with Crippen LogP contribution < -0.4 is 0 Å². The second-order valence-electron chi connectivity index (χ2n) is 2.82. The number of carbonyl (C=O) groups is 1. The predicted molar refractivity (Wildman–Crippen MR) is 53.7 cm³/mol. The molecule has 0 spiro atoms. The van der Waals surface area contributed by atoms with E-state index in [0.29, 0.717) is 18.6 Å². The normalized spacial score (nSPS) is 9.50. The zero-order valence-corrected chi connectivity index (χ0v) is 8.19. The predicted octanol–water partition coefficient (Wildman–Crippen LogP) is 1.74. The van der Waals surface area contributed by atoms with E-state index < -0.39 is 0 Å². The first-order chi connectivity index (χ1) is 6.74. The van der Waals surface area contributed by atoms with Gasteiger partial charge in [0.15, 0.2) is 0 Å². The minimum absolute atomic E-state index is 0.349. The molecule has 0 saturated carbocycles. The molecule has 0 fully saturated rings. The Bertz CT molecular complexity index is 319. The van der Waals surface area contributed by atoms with Crippen molar-refractivity contribution in [1.82, 2.24) is 4.98 Å². The maximum atomic E-state index is 11.2. The fourth-order valence-corrected chi connectivity index (χ4v) is 1.03. The molecule has 3 nitrogen and oxygen atoms in total. The molecule has 0 aliphatic rings. The van der Waals surface area contributed by atoms with Crippen LogP contribution in [-0.4, -0.2) is 17.6 Å². The summed E-state index contributed by atoms with van der Waals surface area (Å²) in [5.74, 6) is -0.349. The average Bonchev–Trinajstić information content (AvgIpc) is 2.19. The number of carbonyl (C=O) groups excluding carboxylic acids is 1. The molecular weight excluding hydrogens is 178 g/mol. The van der Waals surface area contributed by atoms with Crippen LogP contribution in [0.5, 0.6) is 0 Å². The maximum absolute atomic E-state index is 11.2. The van der Waals surface area contributed by atoms with E-state index >= 15 is 0 Å². The third kappa shape index (κ3) is 3.01. The van der Waals surface area contributed by atoms with Crippen molar-refractivity contribution in [2.24, 2.45) is 0 Å². The van der Waals surface area contributed by atoms with Crippen molar-refractivity contribution in [3.8, 4) is 0 Å². The smallest absolute Gasteiger partial charge is 0.333 e. The molecule has 0 saturated heterocycles. The van der Waals surface area contributed by atoms with Crippen molar-refractivity contribution in [1.29, 1.82) is 0 Å². The van der Waals surface area contributed by atoms with Gasteiger partial charge in [0, 0.05) is 23.9 Å². The summed E-state index contributed by atoms with van der Waals surface area (Å²) in [6, 6.07) is 5.56. The number of rotatable bonds is 4. The first-order valence-corrected chi connectivity index (χ1v) is 4.49. The molecule has 0 aromatic carbocycles. The summed E-state index contributed by atoms with van der Waals surface area (Å²) >= 11 is 0. The van der Waals surface area contributed by atoms with Crippen molar-refractivity contribution in [3.05, 3.63) is 42.2 Å². The van der Waals surface area contributed by atoms with Gasteiger partial charge in [0.25, 0.3) is 0 Å². The second kappa shape index (κ2) is 5.17. The lowest BCUT2D eigenvalue weighted by Gasteiger charge is -2.03. The van der Waals surface area contributed by atoms with Gasteiger partial charge < -0.3 is 4.74 Å². The maximum Gasteiger partial charge on any atom is 0.333 e. The Morgan fingerprint density at radius 2 is 2.36 bits per heavy atom. The molecule has 1 aromatic rings. The van der Waals surface area contributed by atoms with Gasteiger partial charge in [-0.3, -0.25) is 4.98 Å². The number of pyridine rings is 1. The van der Waals surface area contributed by atoms with Crippen LogP contribution >= 0.6 is 0 Å². The van der Waals surface area contributed by atoms with Crippen molar-refractivity contribution < 1.29 is 9.53 Å². The van der Waals surface area contributed by atoms with Gasteiger partial charge in [-0.1, -0.05) is 12.6 Å². The second-order valence-corrected chi connectivity index (χ2v) is 2.82. The summed E-state index contributed by atoms with van der Waals surface area (Å²) in [6.45, 7) is 5.80. The van der Waals surface area contributed by atoms with E-state index in [1.54, 1.807) is 13.1 Å².